The van der Waals surface area contributed by atoms with Crippen LogP contribution in [0.15, 0.2) is 12.2 Å². The quantitative estimate of drug-likeness (QED) is 0.740. The molecule has 1 rings (SSSR count). The highest BCUT2D eigenvalue weighted by Crippen LogP contribution is 2.21. The Morgan fingerprint density at radius 1 is 1.50 bits per heavy atom. The van der Waals surface area contributed by atoms with Crippen molar-refractivity contribution < 1.29 is 4.79 Å². The summed E-state index contributed by atoms with van der Waals surface area (Å²) < 4.78 is 0. The third-order valence-electron chi connectivity index (χ3n) is 3.22. The topological polar surface area (TPSA) is 32.3 Å². The van der Waals surface area contributed by atoms with E-state index in [1.165, 1.54) is 6.42 Å². The second-order valence-electron chi connectivity index (χ2n) is 4.99. The van der Waals surface area contributed by atoms with E-state index in [0.717, 1.165) is 31.5 Å². The molecule has 0 spiro atoms. The maximum Gasteiger partial charge on any atom is 0.242 e. The van der Waals surface area contributed by atoms with Crippen molar-refractivity contribution in [2.45, 2.75) is 45.6 Å². The zero-order chi connectivity index (χ0) is 12.2. The maximum atomic E-state index is 12.4. The van der Waals surface area contributed by atoms with E-state index >= 15 is 0 Å². The third kappa shape index (κ3) is 3.08. The predicted molar refractivity (Wildman–Crippen MR) is 67.3 cm³/mol. The first-order valence-corrected chi connectivity index (χ1v) is 6.18. The smallest absolute Gasteiger partial charge is 0.242 e. The summed E-state index contributed by atoms with van der Waals surface area (Å²) in [7, 11) is 0. The van der Waals surface area contributed by atoms with E-state index in [0.29, 0.717) is 6.54 Å². The van der Waals surface area contributed by atoms with Crippen LogP contribution in [0.5, 0.6) is 0 Å². The minimum atomic E-state index is -0.357. The summed E-state index contributed by atoms with van der Waals surface area (Å²) in [6, 6.07) is 0. The molecule has 0 aromatic rings. The molecule has 3 heteroatoms. The fourth-order valence-electron chi connectivity index (χ4n) is 2.24. The fourth-order valence-corrected chi connectivity index (χ4v) is 2.24. The summed E-state index contributed by atoms with van der Waals surface area (Å²) in [5.41, 5.74) is 0.679. The molecule has 1 aliphatic heterocycles. The van der Waals surface area contributed by atoms with Gasteiger partial charge >= 0.3 is 0 Å². The second-order valence-corrected chi connectivity index (χ2v) is 4.99. The van der Waals surface area contributed by atoms with Crippen molar-refractivity contribution in [3.63, 3.8) is 0 Å². The summed E-state index contributed by atoms with van der Waals surface area (Å²) in [6.07, 6.45) is 3.26. The van der Waals surface area contributed by atoms with Crippen LogP contribution in [0.4, 0.5) is 0 Å². The lowest BCUT2D eigenvalue weighted by atomic mass is 9.89. The molecular formula is C13H24N2O. The van der Waals surface area contributed by atoms with Gasteiger partial charge in [0.05, 0.1) is 5.54 Å². The largest absolute Gasteiger partial charge is 0.337 e. The Bertz CT molecular complexity index is 267. The molecule has 16 heavy (non-hydrogen) atoms. The van der Waals surface area contributed by atoms with Crippen molar-refractivity contribution in [3.05, 3.63) is 12.2 Å². The van der Waals surface area contributed by atoms with Gasteiger partial charge in [-0.15, -0.1) is 0 Å². The van der Waals surface area contributed by atoms with Crippen LogP contribution in [0.2, 0.25) is 0 Å². The van der Waals surface area contributed by atoms with Gasteiger partial charge in [0, 0.05) is 13.1 Å². The SMILES string of the molecule is C=C(C)CN(CC)C(=O)C1(C)CCCCN1. The van der Waals surface area contributed by atoms with Crippen molar-refractivity contribution in [2.75, 3.05) is 19.6 Å². The highest BCUT2D eigenvalue weighted by atomic mass is 16.2. The van der Waals surface area contributed by atoms with Gasteiger partial charge in [0.2, 0.25) is 5.91 Å². The monoisotopic (exact) mass is 224 g/mol. The molecule has 1 N–H and O–H groups in total. The van der Waals surface area contributed by atoms with Crippen LogP contribution in [-0.4, -0.2) is 36.0 Å². The zero-order valence-electron chi connectivity index (χ0n) is 10.8. The van der Waals surface area contributed by atoms with Gasteiger partial charge in [0.1, 0.15) is 0 Å². The van der Waals surface area contributed by atoms with Gasteiger partial charge < -0.3 is 10.2 Å². The summed E-state index contributed by atoms with van der Waals surface area (Å²) in [6.45, 7) is 12.3. The molecule has 0 aromatic carbocycles. The molecule has 0 aliphatic carbocycles. The van der Waals surface area contributed by atoms with E-state index in [2.05, 4.69) is 11.9 Å². The van der Waals surface area contributed by atoms with E-state index in [1.54, 1.807) is 0 Å². The molecule has 0 radical (unpaired) electrons. The van der Waals surface area contributed by atoms with Crippen molar-refractivity contribution in [1.29, 1.82) is 0 Å². The molecule has 1 amide bonds. The Labute approximate surface area is 98.9 Å². The number of likely N-dealkylation sites (N-methyl/N-ethyl adjacent to an activating group) is 1. The standard InChI is InChI=1S/C13H24N2O/c1-5-15(10-11(2)3)12(16)13(4)8-6-7-9-14-13/h14H,2,5-10H2,1,3-4H3. The lowest BCUT2D eigenvalue weighted by Crippen LogP contribution is -2.58. The molecule has 1 saturated heterocycles. The van der Waals surface area contributed by atoms with Gasteiger partial charge in [0.25, 0.3) is 0 Å². The third-order valence-corrected chi connectivity index (χ3v) is 3.22. The summed E-state index contributed by atoms with van der Waals surface area (Å²) in [4.78, 5) is 14.3. The van der Waals surface area contributed by atoms with Crippen LogP contribution >= 0.6 is 0 Å². The van der Waals surface area contributed by atoms with E-state index in [4.69, 9.17) is 0 Å². The highest BCUT2D eigenvalue weighted by Gasteiger charge is 2.36. The first-order chi connectivity index (χ1) is 7.49. The maximum absolute atomic E-state index is 12.4. The zero-order valence-corrected chi connectivity index (χ0v) is 10.8. The second kappa shape index (κ2) is 5.48. The van der Waals surface area contributed by atoms with Crippen LogP contribution in [-0.2, 0) is 4.79 Å². The molecule has 1 aliphatic rings. The number of nitrogens with zero attached hydrogens (tertiary/aromatic N) is 1. The molecule has 1 heterocycles. The molecule has 0 aromatic heterocycles. The fraction of sp³-hybridized carbons (Fsp3) is 0.769. The summed E-state index contributed by atoms with van der Waals surface area (Å²) >= 11 is 0. The number of carbonyl (C=O) groups excluding carboxylic acids is 1. The van der Waals surface area contributed by atoms with Gasteiger partial charge in [0.15, 0.2) is 0 Å². The van der Waals surface area contributed by atoms with E-state index in [-0.39, 0.29) is 11.4 Å². The van der Waals surface area contributed by atoms with Gasteiger partial charge in [-0.25, -0.2) is 0 Å². The van der Waals surface area contributed by atoms with Gasteiger partial charge in [-0.2, -0.15) is 0 Å². The first kappa shape index (κ1) is 13.2. The van der Waals surface area contributed by atoms with Crippen LogP contribution in [0, 0.1) is 0 Å². The summed E-state index contributed by atoms with van der Waals surface area (Å²) in [5.74, 6) is 0.220. The average Bonchev–Trinajstić information content (AvgIpc) is 2.25. The lowest BCUT2D eigenvalue weighted by Gasteiger charge is -2.37. The van der Waals surface area contributed by atoms with Crippen LogP contribution in [0.1, 0.15) is 40.0 Å². The van der Waals surface area contributed by atoms with E-state index in [1.807, 2.05) is 25.7 Å². The number of amides is 1. The van der Waals surface area contributed by atoms with E-state index in [9.17, 15) is 4.79 Å². The molecule has 1 fully saturated rings. The Morgan fingerprint density at radius 2 is 2.19 bits per heavy atom. The molecule has 1 unspecified atom stereocenters. The van der Waals surface area contributed by atoms with Crippen LogP contribution in [0.3, 0.4) is 0 Å². The van der Waals surface area contributed by atoms with E-state index < -0.39 is 0 Å². The first-order valence-electron chi connectivity index (χ1n) is 6.18. The molecule has 92 valence electrons. The molecule has 0 saturated carbocycles. The number of hydrogen-bond donors (Lipinski definition) is 1. The van der Waals surface area contributed by atoms with Gasteiger partial charge in [-0.05, 0) is 46.6 Å². The van der Waals surface area contributed by atoms with Crippen LogP contribution in [0.25, 0.3) is 0 Å². The Kier molecular flexibility index (Phi) is 4.54. The van der Waals surface area contributed by atoms with Gasteiger partial charge in [-0.3, -0.25) is 4.79 Å². The number of nitrogens with one attached hydrogen (secondary N) is 1. The predicted octanol–water partition coefficient (Wildman–Crippen LogP) is 1.94. The summed E-state index contributed by atoms with van der Waals surface area (Å²) in [5, 5.41) is 3.36. The minimum Gasteiger partial charge on any atom is -0.337 e. The minimum absolute atomic E-state index is 0.220. The van der Waals surface area contributed by atoms with Gasteiger partial charge in [-0.1, -0.05) is 12.2 Å². The van der Waals surface area contributed by atoms with Crippen molar-refractivity contribution in [2.24, 2.45) is 0 Å². The number of piperidine rings is 1. The normalized spacial score (nSPS) is 25.2. The Hall–Kier alpha value is -0.830. The van der Waals surface area contributed by atoms with Crippen molar-refractivity contribution in [3.8, 4) is 0 Å². The van der Waals surface area contributed by atoms with Crippen molar-refractivity contribution >= 4 is 5.91 Å². The highest BCUT2D eigenvalue weighted by molar-refractivity contribution is 5.86. The molecular weight excluding hydrogens is 200 g/mol. The number of carbonyl (C=O) groups is 1. The van der Waals surface area contributed by atoms with Crippen molar-refractivity contribution in [1.82, 2.24) is 10.2 Å². The Morgan fingerprint density at radius 3 is 2.62 bits per heavy atom. The number of rotatable bonds is 4. The lowest BCUT2D eigenvalue weighted by molar-refractivity contribution is -0.138. The molecule has 3 nitrogen and oxygen atoms in total. The number of hydrogen-bond acceptors (Lipinski definition) is 2. The molecule has 0 bridgehead atoms. The Balaban J connectivity index is 2.68. The van der Waals surface area contributed by atoms with Crippen LogP contribution < -0.4 is 5.32 Å². The molecule has 1 atom stereocenters. The average molecular weight is 224 g/mol.